The minimum atomic E-state index is 0.592. The Kier molecular flexibility index (Phi) is 9.12. The molecule has 3 nitrogen and oxygen atoms in total. The van der Waals surface area contributed by atoms with E-state index in [-0.39, 0.29) is 0 Å². The number of benzene rings is 3. The Hall–Kier alpha value is -3.71. The third-order valence-electron chi connectivity index (χ3n) is 8.09. The van der Waals surface area contributed by atoms with Crippen molar-refractivity contribution in [2.24, 2.45) is 0 Å². The Morgan fingerprint density at radius 1 is 0.900 bits per heavy atom. The molecule has 0 unspecified atom stereocenters. The van der Waals surface area contributed by atoms with Crippen molar-refractivity contribution in [2.75, 3.05) is 13.1 Å². The van der Waals surface area contributed by atoms with Gasteiger partial charge in [-0.2, -0.15) is 5.26 Å². The number of nitrogens with zero attached hydrogens (tertiary/aromatic N) is 3. The average Bonchev–Trinajstić information content (AvgIpc) is 3.50. The van der Waals surface area contributed by atoms with Crippen molar-refractivity contribution in [1.82, 2.24) is 9.88 Å². The van der Waals surface area contributed by atoms with Gasteiger partial charge in [-0.3, -0.25) is 9.88 Å². The molecule has 4 aromatic rings. The highest BCUT2D eigenvalue weighted by atomic mass is 35.5. The Morgan fingerprint density at radius 2 is 1.68 bits per heavy atom. The molecule has 3 aromatic carbocycles. The molecule has 0 radical (unpaired) electrons. The van der Waals surface area contributed by atoms with E-state index in [2.05, 4.69) is 78.0 Å². The van der Waals surface area contributed by atoms with Crippen molar-refractivity contribution in [1.29, 1.82) is 5.26 Å². The number of nitriles is 1. The first-order chi connectivity index (χ1) is 19.5. The first kappa shape index (κ1) is 27.8. The maximum absolute atomic E-state index is 9.19. The van der Waals surface area contributed by atoms with Gasteiger partial charge in [-0.15, -0.1) is 0 Å². The van der Waals surface area contributed by atoms with Gasteiger partial charge < -0.3 is 0 Å². The first-order valence-corrected chi connectivity index (χ1v) is 14.6. The molecule has 0 spiro atoms. The van der Waals surface area contributed by atoms with Crippen molar-refractivity contribution in [3.8, 4) is 17.2 Å². The highest BCUT2D eigenvalue weighted by Crippen LogP contribution is 2.29. The summed E-state index contributed by atoms with van der Waals surface area (Å²) in [4.78, 5) is 6.77. The monoisotopic (exact) mass is 545 g/mol. The van der Waals surface area contributed by atoms with Crippen LogP contribution in [0, 0.1) is 18.3 Å². The van der Waals surface area contributed by atoms with Crippen LogP contribution in [0.4, 0.5) is 0 Å². The van der Waals surface area contributed by atoms with Crippen LogP contribution in [-0.2, 0) is 32.2 Å². The molecule has 2 heterocycles. The topological polar surface area (TPSA) is 39.9 Å². The van der Waals surface area contributed by atoms with Gasteiger partial charge in [0.05, 0.1) is 5.56 Å². The van der Waals surface area contributed by atoms with E-state index < -0.39 is 0 Å². The zero-order valence-corrected chi connectivity index (χ0v) is 24.1. The summed E-state index contributed by atoms with van der Waals surface area (Å²) >= 11 is 6.74. The van der Waals surface area contributed by atoms with E-state index in [4.69, 9.17) is 11.6 Å². The summed E-state index contributed by atoms with van der Waals surface area (Å²) in [5.74, 6) is 0. The van der Waals surface area contributed by atoms with Crippen LogP contribution in [0.3, 0.4) is 0 Å². The van der Waals surface area contributed by atoms with Crippen LogP contribution in [0.25, 0.3) is 17.2 Å². The molecule has 1 aromatic heterocycles. The maximum Gasteiger partial charge on any atom is 0.101 e. The van der Waals surface area contributed by atoms with Gasteiger partial charge in [0.15, 0.2) is 0 Å². The molecule has 0 aliphatic carbocycles. The molecule has 0 saturated carbocycles. The third kappa shape index (κ3) is 6.70. The van der Waals surface area contributed by atoms with E-state index in [0.717, 1.165) is 53.9 Å². The van der Waals surface area contributed by atoms with Crippen LogP contribution in [-0.4, -0.2) is 23.0 Å². The summed E-state index contributed by atoms with van der Waals surface area (Å²) in [5.41, 5.74) is 11.8. The number of aryl methyl sites for hydroxylation is 4. The molecule has 202 valence electrons. The zero-order valence-electron chi connectivity index (χ0n) is 23.3. The van der Waals surface area contributed by atoms with E-state index in [1.54, 1.807) is 6.20 Å². The maximum atomic E-state index is 9.19. The smallest absolute Gasteiger partial charge is 0.101 e. The fourth-order valence-corrected chi connectivity index (χ4v) is 6.04. The first-order valence-electron chi connectivity index (χ1n) is 14.2. The molecule has 40 heavy (non-hydrogen) atoms. The lowest BCUT2D eigenvalue weighted by Crippen LogP contribution is -2.19. The highest BCUT2D eigenvalue weighted by molar-refractivity contribution is 6.31. The second kappa shape index (κ2) is 13.1. The number of hydrogen-bond acceptors (Lipinski definition) is 3. The van der Waals surface area contributed by atoms with Crippen LogP contribution < -0.4 is 0 Å². The molecule has 1 aliphatic heterocycles. The number of halogens is 1. The van der Waals surface area contributed by atoms with Crippen molar-refractivity contribution < 1.29 is 0 Å². The predicted octanol–water partition coefficient (Wildman–Crippen LogP) is 8.39. The van der Waals surface area contributed by atoms with Crippen molar-refractivity contribution in [3.05, 3.63) is 129 Å². The average molecular weight is 546 g/mol. The van der Waals surface area contributed by atoms with Gasteiger partial charge in [0, 0.05) is 24.0 Å². The number of likely N-dealkylation sites (tertiary alicyclic amines) is 1. The SMILES string of the molecule is C=Cc1cc(Cl)c(CCc2cccc(-c3cccc(CN4CCCC4)c3C)c2)cc1CCc1cncc(C#N)c1. The molecule has 5 rings (SSSR count). The van der Waals surface area contributed by atoms with Crippen LogP contribution in [0.15, 0.2) is 79.6 Å². The number of hydrogen-bond donors (Lipinski definition) is 0. The summed E-state index contributed by atoms with van der Waals surface area (Å²) in [5, 5.41) is 9.97. The van der Waals surface area contributed by atoms with Gasteiger partial charge in [0.1, 0.15) is 6.07 Å². The minimum absolute atomic E-state index is 0.592. The largest absolute Gasteiger partial charge is 0.299 e. The summed E-state index contributed by atoms with van der Waals surface area (Å²) < 4.78 is 0. The van der Waals surface area contributed by atoms with Crippen LogP contribution in [0.1, 0.15) is 57.3 Å². The summed E-state index contributed by atoms with van der Waals surface area (Å²) in [6, 6.07) is 24.0. The molecule has 0 bridgehead atoms. The van der Waals surface area contributed by atoms with Crippen LogP contribution >= 0.6 is 11.6 Å². The van der Waals surface area contributed by atoms with E-state index in [9.17, 15) is 5.26 Å². The lowest BCUT2D eigenvalue weighted by atomic mass is 9.93. The Morgan fingerprint density at radius 3 is 2.48 bits per heavy atom. The fourth-order valence-electron chi connectivity index (χ4n) is 5.77. The van der Waals surface area contributed by atoms with Crippen LogP contribution in [0.2, 0.25) is 5.02 Å². The van der Waals surface area contributed by atoms with E-state index in [1.165, 1.54) is 59.3 Å². The zero-order chi connectivity index (χ0) is 27.9. The van der Waals surface area contributed by atoms with Gasteiger partial charge >= 0.3 is 0 Å². The second-order valence-corrected chi connectivity index (χ2v) is 11.2. The molecule has 0 N–H and O–H groups in total. The van der Waals surface area contributed by atoms with Gasteiger partial charge in [0.25, 0.3) is 0 Å². The second-order valence-electron chi connectivity index (χ2n) is 10.8. The number of aromatic nitrogens is 1. The van der Waals surface area contributed by atoms with Gasteiger partial charge in [-0.1, -0.05) is 72.8 Å². The van der Waals surface area contributed by atoms with E-state index >= 15 is 0 Å². The third-order valence-corrected chi connectivity index (χ3v) is 8.45. The van der Waals surface area contributed by atoms with Gasteiger partial charge in [-0.05, 0) is 121 Å². The molecule has 0 atom stereocenters. The molecule has 1 fully saturated rings. The highest BCUT2D eigenvalue weighted by Gasteiger charge is 2.15. The summed E-state index contributed by atoms with van der Waals surface area (Å²) in [7, 11) is 0. The molecule has 1 saturated heterocycles. The van der Waals surface area contributed by atoms with Gasteiger partial charge in [-0.25, -0.2) is 0 Å². The Bertz CT molecular complexity index is 1540. The number of rotatable bonds is 10. The molecule has 1 aliphatic rings. The molecular weight excluding hydrogens is 510 g/mol. The lowest BCUT2D eigenvalue weighted by molar-refractivity contribution is 0.331. The minimum Gasteiger partial charge on any atom is -0.299 e. The standard InChI is InChI=1S/C36H36ClN3/c1-3-30-21-36(37)33(20-31(30)14-13-28-18-29(22-38)24-39-23-28)15-12-27-8-6-9-32(19-27)35-11-7-10-34(26(35)2)25-40-16-4-5-17-40/h3,6-11,18-21,23-24H,1,4-5,12-17,25H2,2H3. The van der Waals surface area contributed by atoms with Crippen LogP contribution in [0.5, 0.6) is 0 Å². The Balaban J connectivity index is 1.31. The molecule has 0 amide bonds. The number of pyridine rings is 1. The normalized spacial score (nSPS) is 13.3. The summed E-state index contributed by atoms with van der Waals surface area (Å²) in [6.45, 7) is 9.73. The summed E-state index contributed by atoms with van der Waals surface area (Å²) in [6.07, 6.45) is 11.4. The van der Waals surface area contributed by atoms with Gasteiger partial charge in [0.2, 0.25) is 0 Å². The Labute approximate surface area is 243 Å². The van der Waals surface area contributed by atoms with E-state index in [0.29, 0.717) is 5.56 Å². The van der Waals surface area contributed by atoms with Crippen molar-refractivity contribution in [2.45, 2.75) is 52.0 Å². The van der Waals surface area contributed by atoms with Crippen molar-refractivity contribution in [3.63, 3.8) is 0 Å². The predicted molar refractivity (Wildman–Crippen MR) is 166 cm³/mol. The quantitative estimate of drug-likeness (QED) is 0.201. The van der Waals surface area contributed by atoms with E-state index in [1.807, 2.05) is 24.4 Å². The molecule has 4 heteroatoms. The van der Waals surface area contributed by atoms with Crippen molar-refractivity contribution >= 4 is 17.7 Å². The molecular formula is C36H36ClN3. The lowest BCUT2D eigenvalue weighted by Gasteiger charge is -2.18. The fraction of sp³-hybridized carbons (Fsp3) is 0.278.